The predicted molar refractivity (Wildman–Crippen MR) is 90.6 cm³/mol. The number of fused-ring (bicyclic) bond motifs is 2. The lowest BCUT2D eigenvalue weighted by Gasteiger charge is -2.09. The first-order valence-corrected chi connectivity index (χ1v) is 7.76. The van der Waals surface area contributed by atoms with Crippen LogP contribution in [0.25, 0.3) is 16.7 Å². The van der Waals surface area contributed by atoms with E-state index in [0.717, 1.165) is 31.0 Å². The molecule has 4 aromatic rings. The van der Waals surface area contributed by atoms with Crippen LogP contribution in [0.4, 0.5) is 5.82 Å². The number of nitrogens with one attached hydrogen (secondary N) is 1. The van der Waals surface area contributed by atoms with Gasteiger partial charge < -0.3 is 9.88 Å². The lowest BCUT2D eigenvalue weighted by molar-refractivity contribution is 0.680. The van der Waals surface area contributed by atoms with Crippen molar-refractivity contribution in [3.63, 3.8) is 0 Å². The van der Waals surface area contributed by atoms with E-state index in [2.05, 4.69) is 61.5 Å². The minimum Gasteiger partial charge on any atom is -0.370 e. The molecule has 23 heavy (non-hydrogen) atoms. The molecule has 0 amide bonds. The van der Waals surface area contributed by atoms with Crippen molar-refractivity contribution >= 4 is 22.5 Å². The summed E-state index contributed by atoms with van der Waals surface area (Å²) in [4.78, 5) is 8.48. The molecule has 6 nitrogen and oxygen atoms in total. The van der Waals surface area contributed by atoms with Gasteiger partial charge in [-0.05, 0) is 30.9 Å². The maximum atomic E-state index is 4.34. The van der Waals surface area contributed by atoms with Gasteiger partial charge in [-0.3, -0.25) is 0 Å². The third-order valence-electron chi connectivity index (χ3n) is 3.94. The fraction of sp³-hybridized carbons (Fsp3) is 0.235. The Morgan fingerprint density at radius 1 is 1.17 bits per heavy atom. The molecular weight excluding hydrogens is 288 g/mol. The van der Waals surface area contributed by atoms with E-state index in [4.69, 9.17) is 0 Å². The highest BCUT2D eigenvalue weighted by Gasteiger charge is 2.05. The van der Waals surface area contributed by atoms with E-state index >= 15 is 0 Å². The molecule has 0 aliphatic carbocycles. The summed E-state index contributed by atoms with van der Waals surface area (Å²) in [6, 6.07) is 12.6. The second-order valence-electron chi connectivity index (χ2n) is 5.60. The van der Waals surface area contributed by atoms with E-state index in [9.17, 15) is 0 Å². The van der Waals surface area contributed by atoms with E-state index in [-0.39, 0.29) is 0 Å². The maximum Gasteiger partial charge on any atom is 0.254 e. The van der Waals surface area contributed by atoms with Crippen molar-refractivity contribution in [3.8, 4) is 0 Å². The lowest BCUT2D eigenvalue weighted by atomic mass is 10.2. The fourth-order valence-corrected chi connectivity index (χ4v) is 2.86. The second kappa shape index (κ2) is 5.72. The molecule has 0 unspecified atom stereocenters. The van der Waals surface area contributed by atoms with Crippen LogP contribution in [0.15, 0.2) is 48.9 Å². The average molecular weight is 306 g/mol. The van der Waals surface area contributed by atoms with Crippen LogP contribution in [0.1, 0.15) is 12.1 Å². The summed E-state index contributed by atoms with van der Waals surface area (Å²) in [5.74, 6) is 1.56. The van der Waals surface area contributed by atoms with E-state index in [1.807, 2.05) is 13.0 Å². The molecule has 4 rings (SSSR count). The zero-order valence-electron chi connectivity index (χ0n) is 13.0. The molecule has 3 aromatic heterocycles. The van der Waals surface area contributed by atoms with Gasteiger partial charge in [-0.2, -0.15) is 14.6 Å². The zero-order valence-corrected chi connectivity index (χ0v) is 13.0. The average Bonchev–Trinajstić information content (AvgIpc) is 3.18. The van der Waals surface area contributed by atoms with Crippen molar-refractivity contribution in [1.29, 1.82) is 0 Å². The summed E-state index contributed by atoms with van der Waals surface area (Å²) < 4.78 is 4.03. The van der Waals surface area contributed by atoms with Crippen molar-refractivity contribution < 1.29 is 0 Å². The molecule has 0 atom stereocenters. The number of hydrogen-bond acceptors (Lipinski definition) is 4. The molecule has 0 saturated carbocycles. The van der Waals surface area contributed by atoms with Crippen LogP contribution in [0.2, 0.25) is 0 Å². The van der Waals surface area contributed by atoms with Gasteiger partial charge in [0, 0.05) is 36.6 Å². The van der Waals surface area contributed by atoms with E-state index in [0.29, 0.717) is 5.78 Å². The lowest BCUT2D eigenvalue weighted by Crippen LogP contribution is -2.10. The molecule has 0 aliphatic rings. The number of rotatable bonds is 5. The van der Waals surface area contributed by atoms with Crippen LogP contribution in [-0.2, 0) is 6.54 Å². The Bertz CT molecular complexity index is 952. The van der Waals surface area contributed by atoms with E-state index in [1.165, 1.54) is 17.2 Å². The highest BCUT2D eigenvalue weighted by molar-refractivity contribution is 5.79. The van der Waals surface area contributed by atoms with Crippen LogP contribution < -0.4 is 5.32 Å². The van der Waals surface area contributed by atoms with Crippen molar-refractivity contribution in [1.82, 2.24) is 24.1 Å². The third kappa shape index (κ3) is 2.63. The summed E-state index contributed by atoms with van der Waals surface area (Å²) in [7, 11) is 0. The molecular formula is C17H18N6. The molecule has 1 N–H and O–H groups in total. The van der Waals surface area contributed by atoms with Crippen LogP contribution in [0, 0.1) is 6.92 Å². The van der Waals surface area contributed by atoms with Crippen LogP contribution in [-0.4, -0.2) is 30.7 Å². The van der Waals surface area contributed by atoms with Gasteiger partial charge in [-0.15, -0.1) is 0 Å². The fourth-order valence-electron chi connectivity index (χ4n) is 2.86. The van der Waals surface area contributed by atoms with Crippen molar-refractivity contribution in [2.75, 3.05) is 11.9 Å². The quantitative estimate of drug-likeness (QED) is 0.576. The highest BCUT2D eigenvalue weighted by Crippen LogP contribution is 2.15. The van der Waals surface area contributed by atoms with Crippen LogP contribution >= 0.6 is 0 Å². The number of nitrogens with zero attached hydrogens (tertiary/aromatic N) is 5. The van der Waals surface area contributed by atoms with Crippen molar-refractivity contribution in [3.05, 3.63) is 54.6 Å². The Kier molecular flexibility index (Phi) is 3.42. The summed E-state index contributed by atoms with van der Waals surface area (Å²) in [5, 5.41) is 8.92. The SMILES string of the molecule is Cc1cc(NCCCn2ccc3ccccc32)n2ncnc2n1. The van der Waals surface area contributed by atoms with Crippen molar-refractivity contribution in [2.24, 2.45) is 0 Å². The maximum absolute atomic E-state index is 4.34. The molecule has 0 fully saturated rings. The number of benzene rings is 1. The standard InChI is InChI=1S/C17H18N6/c1-13-11-16(23-17(21-13)19-12-20-23)18-8-4-9-22-10-7-14-5-2-3-6-15(14)22/h2-3,5-7,10-12,18H,4,8-9H2,1H3. The number of aryl methyl sites for hydroxylation is 2. The monoisotopic (exact) mass is 306 g/mol. The third-order valence-corrected chi connectivity index (χ3v) is 3.94. The number of para-hydroxylation sites is 1. The summed E-state index contributed by atoms with van der Waals surface area (Å²) in [6.07, 6.45) is 4.70. The Morgan fingerprint density at radius 3 is 3.04 bits per heavy atom. The number of hydrogen-bond donors (Lipinski definition) is 1. The summed E-state index contributed by atoms with van der Waals surface area (Å²) in [5.41, 5.74) is 2.22. The second-order valence-corrected chi connectivity index (χ2v) is 5.60. The predicted octanol–water partition coefficient (Wildman–Crippen LogP) is 2.89. The van der Waals surface area contributed by atoms with Gasteiger partial charge in [0.05, 0.1) is 0 Å². The minimum atomic E-state index is 0.629. The zero-order chi connectivity index (χ0) is 15.6. The first-order valence-electron chi connectivity index (χ1n) is 7.76. The Hall–Kier alpha value is -2.89. The smallest absolute Gasteiger partial charge is 0.254 e. The summed E-state index contributed by atoms with van der Waals surface area (Å²) in [6.45, 7) is 3.81. The highest BCUT2D eigenvalue weighted by atomic mass is 15.3. The summed E-state index contributed by atoms with van der Waals surface area (Å²) >= 11 is 0. The van der Waals surface area contributed by atoms with E-state index in [1.54, 1.807) is 4.52 Å². The normalized spacial score (nSPS) is 11.3. The Balaban J connectivity index is 1.43. The first-order chi connectivity index (χ1) is 11.3. The molecule has 0 bridgehead atoms. The Morgan fingerprint density at radius 2 is 2.09 bits per heavy atom. The van der Waals surface area contributed by atoms with Gasteiger partial charge in [0.15, 0.2) is 0 Å². The number of aromatic nitrogens is 5. The molecule has 0 aliphatic heterocycles. The molecule has 0 radical (unpaired) electrons. The first kappa shape index (κ1) is 13.8. The van der Waals surface area contributed by atoms with Gasteiger partial charge in [-0.25, -0.2) is 4.98 Å². The van der Waals surface area contributed by atoms with Crippen LogP contribution in [0.5, 0.6) is 0 Å². The van der Waals surface area contributed by atoms with Crippen molar-refractivity contribution in [2.45, 2.75) is 19.9 Å². The molecule has 3 heterocycles. The molecule has 116 valence electrons. The molecule has 1 aromatic carbocycles. The molecule has 0 spiro atoms. The number of anilines is 1. The van der Waals surface area contributed by atoms with E-state index < -0.39 is 0 Å². The van der Waals surface area contributed by atoms with Gasteiger partial charge in [-0.1, -0.05) is 18.2 Å². The van der Waals surface area contributed by atoms with Gasteiger partial charge in [0.2, 0.25) is 0 Å². The molecule has 6 heteroatoms. The molecule has 0 saturated heterocycles. The van der Waals surface area contributed by atoms with Crippen LogP contribution in [0.3, 0.4) is 0 Å². The Labute approximate surface area is 133 Å². The topological polar surface area (TPSA) is 60.0 Å². The largest absolute Gasteiger partial charge is 0.370 e. The van der Waals surface area contributed by atoms with Gasteiger partial charge >= 0.3 is 0 Å². The van der Waals surface area contributed by atoms with Gasteiger partial charge in [0.25, 0.3) is 5.78 Å². The van der Waals surface area contributed by atoms with Gasteiger partial charge in [0.1, 0.15) is 12.1 Å². The minimum absolute atomic E-state index is 0.629.